The number of carboxylic acids is 1. The van der Waals surface area contributed by atoms with Crippen molar-refractivity contribution in [3.8, 4) is 6.07 Å². The predicted octanol–water partition coefficient (Wildman–Crippen LogP) is 4.37. The molecule has 1 fully saturated rings. The molecule has 12 nitrogen and oxygen atoms in total. The molecule has 1 rings (SSSR count). The van der Waals surface area contributed by atoms with Crippen LogP contribution in [0.25, 0.3) is 0 Å². The number of carbonyl (C=O) groups is 5. The van der Waals surface area contributed by atoms with Gasteiger partial charge < -0.3 is 28.8 Å². The highest BCUT2D eigenvalue weighted by atomic mass is 32.2. The van der Waals surface area contributed by atoms with Gasteiger partial charge in [0, 0.05) is 31.9 Å². The molecule has 15 heteroatoms. The van der Waals surface area contributed by atoms with E-state index in [1.165, 1.54) is 51.4 Å². The summed E-state index contributed by atoms with van der Waals surface area (Å²) in [5, 5.41) is 19.4. The van der Waals surface area contributed by atoms with E-state index in [4.69, 9.17) is 35.9 Å². The standard InChI is InChI=1S/C29H43NO11S3/c1-8-11-43-28(42)44-14-20(25(35)37-7)12-21(29(6,15-30)10-9-23(33)34)26(36)38-13-22-16(2)17(3)24(39-18(4)31)27(41-22)40-19(5)32/h16-17,20-22,24,27H,8-14H2,1-7H3,(H,33,34)/t16-,17-,20?,21?,22?,24?,27-,29?/m0/s1. The summed E-state index contributed by atoms with van der Waals surface area (Å²) < 4.78 is 27.8. The summed E-state index contributed by atoms with van der Waals surface area (Å²) in [5.74, 6) is -5.54. The minimum absolute atomic E-state index is 0.147. The molecule has 0 saturated carbocycles. The lowest BCUT2D eigenvalue weighted by atomic mass is 9.71. The van der Waals surface area contributed by atoms with E-state index in [0.29, 0.717) is 3.53 Å². The number of ether oxygens (including phenoxy) is 5. The van der Waals surface area contributed by atoms with E-state index in [9.17, 15) is 34.3 Å². The summed E-state index contributed by atoms with van der Waals surface area (Å²) in [7, 11) is 1.22. The highest BCUT2D eigenvalue weighted by molar-refractivity contribution is 8.47. The number of aliphatic carboxylic acids is 1. The molecule has 1 aliphatic heterocycles. The van der Waals surface area contributed by atoms with Crippen LogP contribution in [0.15, 0.2) is 0 Å². The highest BCUT2D eigenvalue weighted by Gasteiger charge is 2.47. The van der Waals surface area contributed by atoms with Crippen LogP contribution in [0.5, 0.6) is 0 Å². The Bertz CT molecular complexity index is 1080. The molecule has 5 unspecified atom stereocenters. The van der Waals surface area contributed by atoms with E-state index in [1.807, 2.05) is 6.92 Å². The summed E-state index contributed by atoms with van der Waals surface area (Å²) in [6.45, 7) is 9.18. The Balaban J connectivity index is 3.26. The molecule has 0 aromatic heterocycles. The number of nitrogens with zero attached hydrogens (tertiary/aromatic N) is 1. The van der Waals surface area contributed by atoms with Gasteiger partial charge in [0.1, 0.15) is 10.1 Å². The van der Waals surface area contributed by atoms with Crippen molar-refractivity contribution in [2.75, 3.05) is 25.2 Å². The first kappa shape index (κ1) is 39.6. The van der Waals surface area contributed by atoms with Crippen molar-refractivity contribution in [1.29, 1.82) is 5.26 Å². The Morgan fingerprint density at radius 2 is 1.70 bits per heavy atom. The van der Waals surface area contributed by atoms with E-state index in [2.05, 4.69) is 6.07 Å². The molecular formula is C29H43NO11S3. The van der Waals surface area contributed by atoms with E-state index >= 15 is 0 Å². The average molecular weight is 678 g/mol. The van der Waals surface area contributed by atoms with E-state index in [0.717, 1.165) is 12.2 Å². The number of esters is 4. The Kier molecular flexibility index (Phi) is 17.3. The van der Waals surface area contributed by atoms with Crippen molar-refractivity contribution in [2.24, 2.45) is 29.1 Å². The molecule has 0 bridgehead atoms. The topological polar surface area (TPSA) is 176 Å². The molecule has 1 aliphatic rings. The quantitative estimate of drug-likeness (QED) is 0.138. The highest BCUT2D eigenvalue weighted by Crippen LogP contribution is 2.39. The Morgan fingerprint density at radius 1 is 1.07 bits per heavy atom. The number of thiocarbonyl (C=S) groups is 1. The van der Waals surface area contributed by atoms with E-state index in [1.54, 1.807) is 13.8 Å². The van der Waals surface area contributed by atoms with Crippen LogP contribution in [0.3, 0.4) is 0 Å². The van der Waals surface area contributed by atoms with Crippen LogP contribution in [0, 0.1) is 40.4 Å². The fraction of sp³-hybridized carbons (Fsp3) is 0.759. The zero-order valence-electron chi connectivity index (χ0n) is 26.2. The third-order valence-corrected chi connectivity index (χ3v) is 10.6. The maximum absolute atomic E-state index is 13.7. The fourth-order valence-corrected chi connectivity index (χ4v) is 6.92. The van der Waals surface area contributed by atoms with Crippen LogP contribution in [0.2, 0.25) is 0 Å². The van der Waals surface area contributed by atoms with Gasteiger partial charge in [0.15, 0.2) is 6.10 Å². The van der Waals surface area contributed by atoms with Crippen molar-refractivity contribution >= 4 is 69.1 Å². The maximum atomic E-state index is 13.7. The second kappa shape index (κ2) is 19.2. The Labute approximate surface area is 272 Å². The molecule has 0 aliphatic carbocycles. The van der Waals surface area contributed by atoms with Crippen molar-refractivity contribution in [3.05, 3.63) is 0 Å². The number of methoxy groups -OCH3 is 1. The minimum Gasteiger partial charge on any atom is -0.481 e. The second-order valence-corrected chi connectivity index (χ2v) is 14.2. The average Bonchev–Trinajstić information content (AvgIpc) is 2.96. The van der Waals surface area contributed by atoms with Crippen molar-refractivity contribution in [1.82, 2.24) is 0 Å². The van der Waals surface area contributed by atoms with Crippen molar-refractivity contribution < 1.29 is 52.8 Å². The molecule has 0 amide bonds. The Morgan fingerprint density at radius 3 is 2.23 bits per heavy atom. The normalized spacial score (nSPS) is 24.0. The van der Waals surface area contributed by atoms with E-state index in [-0.39, 0.29) is 43.5 Å². The lowest BCUT2D eigenvalue weighted by Crippen LogP contribution is -2.54. The van der Waals surface area contributed by atoms with Crippen LogP contribution in [-0.4, -0.2) is 82.2 Å². The van der Waals surface area contributed by atoms with Gasteiger partial charge in [-0.15, -0.1) is 23.5 Å². The smallest absolute Gasteiger partial charge is 0.310 e. The molecule has 0 radical (unpaired) electrons. The fourth-order valence-electron chi connectivity index (χ4n) is 4.70. The molecule has 248 valence electrons. The summed E-state index contributed by atoms with van der Waals surface area (Å²) in [6.07, 6.45) is -2.69. The molecule has 0 aromatic carbocycles. The van der Waals surface area contributed by atoms with Gasteiger partial charge in [0.05, 0.1) is 36.5 Å². The van der Waals surface area contributed by atoms with Gasteiger partial charge >= 0.3 is 29.8 Å². The van der Waals surface area contributed by atoms with Gasteiger partial charge in [-0.05, 0) is 37.9 Å². The molecular weight excluding hydrogens is 635 g/mol. The van der Waals surface area contributed by atoms with Crippen molar-refractivity contribution in [3.63, 3.8) is 0 Å². The van der Waals surface area contributed by atoms with Crippen molar-refractivity contribution in [2.45, 2.75) is 85.7 Å². The molecule has 1 N–H and O–H groups in total. The van der Waals surface area contributed by atoms with Crippen LogP contribution in [0.4, 0.5) is 0 Å². The summed E-state index contributed by atoms with van der Waals surface area (Å²) in [5.41, 5.74) is -1.50. The number of hydrogen-bond donors (Lipinski definition) is 1. The maximum Gasteiger partial charge on any atom is 0.310 e. The number of rotatable bonds is 16. The van der Waals surface area contributed by atoms with Gasteiger partial charge in [-0.2, -0.15) is 5.26 Å². The van der Waals surface area contributed by atoms with Gasteiger partial charge in [-0.3, -0.25) is 24.0 Å². The zero-order valence-corrected chi connectivity index (χ0v) is 28.6. The molecule has 44 heavy (non-hydrogen) atoms. The number of thioether (sulfide) groups is 2. The largest absolute Gasteiger partial charge is 0.481 e. The lowest BCUT2D eigenvalue weighted by molar-refractivity contribution is -0.272. The first-order valence-electron chi connectivity index (χ1n) is 14.3. The van der Waals surface area contributed by atoms with Crippen LogP contribution >= 0.6 is 35.7 Å². The Hall–Kier alpha value is -2.41. The van der Waals surface area contributed by atoms with Crippen LogP contribution in [0.1, 0.15) is 67.2 Å². The van der Waals surface area contributed by atoms with Gasteiger partial charge in [0.25, 0.3) is 0 Å². The second-order valence-electron chi connectivity index (χ2n) is 10.9. The van der Waals surface area contributed by atoms with Gasteiger partial charge in [-0.1, -0.05) is 33.0 Å². The van der Waals surface area contributed by atoms with Gasteiger partial charge in [-0.25, -0.2) is 0 Å². The zero-order chi connectivity index (χ0) is 33.6. The molecule has 0 spiro atoms. The summed E-state index contributed by atoms with van der Waals surface area (Å²) >= 11 is 8.13. The third kappa shape index (κ3) is 12.5. The number of hydrogen-bond acceptors (Lipinski definition) is 14. The van der Waals surface area contributed by atoms with E-state index < -0.39 is 65.6 Å². The SMILES string of the molecule is CCCSC(=S)SCC(CC(C(=O)OCC1O[C@H](OC(C)=O)C(OC(C)=O)[C@@H](C)[C@@H]1C)C(C)(C#N)CCC(=O)O)C(=O)OC. The van der Waals surface area contributed by atoms with Crippen LogP contribution < -0.4 is 0 Å². The molecule has 0 aromatic rings. The number of nitriles is 1. The third-order valence-electron chi connectivity index (χ3n) is 7.53. The molecule has 8 atom stereocenters. The molecule has 1 heterocycles. The monoisotopic (exact) mass is 677 g/mol. The number of carbonyl (C=O) groups excluding carboxylic acids is 4. The predicted molar refractivity (Wildman–Crippen MR) is 167 cm³/mol. The summed E-state index contributed by atoms with van der Waals surface area (Å²) in [4.78, 5) is 61.3. The molecule has 1 saturated heterocycles. The summed E-state index contributed by atoms with van der Waals surface area (Å²) in [6, 6.07) is 2.09. The minimum atomic E-state index is -1.50. The van der Waals surface area contributed by atoms with Crippen LogP contribution in [-0.2, 0) is 47.7 Å². The first-order chi connectivity index (χ1) is 20.6. The number of carboxylic acid groups (broad SMARTS) is 1. The first-order valence-corrected chi connectivity index (χ1v) is 16.6. The van der Waals surface area contributed by atoms with Gasteiger partial charge in [0.2, 0.25) is 6.29 Å². The lowest BCUT2D eigenvalue weighted by Gasteiger charge is -2.43.